The molecular weight excluding hydrogens is 347 g/mol. The van der Waals surface area contributed by atoms with Crippen molar-refractivity contribution in [1.29, 1.82) is 0 Å². The fourth-order valence-electron chi connectivity index (χ4n) is 2.94. The molecule has 0 atom stereocenters. The molecule has 0 aliphatic carbocycles. The molecule has 4 heterocycles. The lowest BCUT2D eigenvalue weighted by Gasteiger charge is -2.02. The second kappa shape index (κ2) is 6.95. The molecule has 27 heavy (non-hydrogen) atoms. The molecule has 0 radical (unpaired) electrons. The van der Waals surface area contributed by atoms with Crippen LogP contribution in [0.4, 0.5) is 4.39 Å². The average Bonchev–Trinajstić information content (AvgIpc) is 3.06. The summed E-state index contributed by atoms with van der Waals surface area (Å²) in [4.78, 5) is 27.4. The lowest BCUT2D eigenvalue weighted by molar-refractivity contribution is -0.137. The summed E-state index contributed by atoms with van der Waals surface area (Å²) in [5.74, 6) is -1.05. The highest BCUT2D eigenvalue weighted by molar-refractivity contribution is 6.11. The van der Waals surface area contributed by atoms with Gasteiger partial charge in [0.05, 0.1) is 30.2 Å². The quantitative estimate of drug-likeness (QED) is 0.440. The van der Waals surface area contributed by atoms with Gasteiger partial charge >= 0.3 is 5.97 Å². The van der Waals surface area contributed by atoms with Gasteiger partial charge in [0.2, 0.25) is 0 Å². The van der Waals surface area contributed by atoms with Crippen molar-refractivity contribution < 1.29 is 13.9 Å². The summed E-state index contributed by atoms with van der Waals surface area (Å²) in [5.41, 5.74) is 3.06. The molecule has 0 fully saturated rings. The predicted octanol–water partition coefficient (Wildman–Crippen LogP) is 3.89. The van der Waals surface area contributed by atoms with Crippen LogP contribution in [0.15, 0.2) is 49.1 Å². The Bertz CT molecular complexity index is 1170. The van der Waals surface area contributed by atoms with E-state index in [2.05, 4.69) is 19.9 Å². The molecule has 6 nitrogen and oxygen atoms in total. The number of nitrogens with one attached hydrogen (secondary N) is 1. The number of esters is 1. The number of fused-ring (bicyclic) bond motifs is 3. The Morgan fingerprint density at radius 3 is 2.96 bits per heavy atom. The van der Waals surface area contributed by atoms with Gasteiger partial charge in [-0.15, -0.1) is 0 Å². The van der Waals surface area contributed by atoms with Gasteiger partial charge in [0, 0.05) is 40.4 Å². The molecule has 0 aliphatic rings. The first-order chi connectivity index (χ1) is 13.2. The summed E-state index contributed by atoms with van der Waals surface area (Å²) in [6.45, 7) is 1.97. The largest absolute Gasteiger partial charge is 0.463 e. The van der Waals surface area contributed by atoms with Gasteiger partial charge < -0.3 is 9.72 Å². The number of carbonyl (C=O) groups excluding carboxylic acids is 1. The van der Waals surface area contributed by atoms with Crippen LogP contribution in [0.2, 0.25) is 0 Å². The van der Waals surface area contributed by atoms with Crippen molar-refractivity contribution in [1.82, 2.24) is 19.9 Å². The second-order valence-corrected chi connectivity index (χ2v) is 5.81. The van der Waals surface area contributed by atoms with Gasteiger partial charge in [0.25, 0.3) is 0 Å². The molecule has 0 amide bonds. The van der Waals surface area contributed by atoms with E-state index >= 15 is 0 Å². The highest BCUT2D eigenvalue weighted by Gasteiger charge is 2.14. The minimum Gasteiger partial charge on any atom is -0.463 e. The standard InChI is InChI=1S/C20H15FN4O2/c1-2-27-18(26)6-5-13-15(21)10-24-20-19(13)14-8-16(23-11-17(14)25-20)12-4-3-7-22-9-12/h3-11H,2H2,1H3,(H,24,25)/b6-5+. The average molecular weight is 362 g/mol. The maximum Gasteiger partial charge on any atom is 0.330 e. The van der Waals surface area contributed by atoms with E-state index in [4.69, 9.17) is 4.74 Å². The molecule has 134 valence electrons. The van der Waals surface area contributed by atoms with Crippen LogP contribution in [0.1, 0.15) is 12.5 Å². The van der Waals surface area contributed by atoms with E-state index in [1.807, 2.05) is 18.2 Å². The summed E-state index contributed by atoms with van der Waals surface area (Å²) >= 11 is 0. The van der Waals surface area contributed by atoms with Gasteiger partial charge in [0.15, 0.2) is 0 Å². The molecule has 1 N–H and O–H groups in total. The Morgan fingerprint density at radius 2 is 2.19 bits per heavy atom. The van der Waals surface area contributed by atoms with E-state index in [1.165, 1.54) is 12.2 Å². The van der Waals surface area contributed by atoms with Gasteiger partial charge in [-0.05, 0) is 31.2 Å². The van der Waals surface area contributed by atoms with E-state index in [0.717, 1.165) is 22.7 Å². The van der Waals surface area contributed by atoms with Crippen LogP contribution in [0, 0.1) is 5.82 Å². The molecule has 7 heteroatoms. The molecule has 0 unspecified atom stereocenters. The van der Waals surface area contributed by atoms with Crippen LogP contribution < -0.4 is 0 Å². The van der Waals surface area contributed by atoms with E-state index < -0.39 is 11.8 Å². The van der Waals surface area contributed by atoms with Gasteiger partial charge in [-0.3, -0.25) is 9.97 Å². The maximum absolute atomic E-state index is 14.5. The number of nitrogens with zero attached hydrogens (tertiary/aromatic N) is 3. The first-order valence-electron chi connectivity index (χ1n) is 8.38. The van der Waals surface area contributed by atoms with Crippen molar-refractivity contribution >= 4 is 34.0 Å². The van der Waals surface area contributed by atoms with Crippen molar-refractivity contribution in [2.45, 2.75) is 6.92 Å². The molecule has 0 aromatic carbocycles. The monoisotopic (exact) mass is 362 g/mol. The second-order valence-electron chi connectivity index (χ2n) is 5.81. The number of pyridine rings is 3. The summed E-state index contributed by atoms with van der Waals surface area (Å²) in [6.07, 6.45) is 8.82. The van der Waals surface area contributed by atoms with E-state index in [-0.39, 0.29) is 12.2 Å². The van der Waals surface area contributed by atoms with Crippen LogP contribution in [-0.4, -0.2) is 32.5 Å². The number of aromatic nitrogens is 4. The van der Waals surface area contributed by atoms with Gasteiger partial charge in [0.1, 0.15) is 11.5 Å². The first kappa shape index (κ1) is 16.8. The zero-order valence-electron chi connectivity index (χ0n) is 14.4. The van der Waals surface area contributed by atoms with Gasteiger partial charge in [-0.2, -0.15) is 0 Å². The number of ether oxygens (including phenoxy) is 1. The number of rotatable bonds is 4. The highest BCUT2D eigenvalue weighted by atomic mass is 19.1. The lowest BCUT2D eigenvalue weighted by atomic mass is 10.1. The third-order valence-electron chi connectivity index (χ3n) is 4.13. The topological polar surface area (TPSA) is 80.8 Å². The van der Waals surface area contributed by atoms with E-state index in [0.29, 0.717) is 16.7 Å². The predicted molar refractivity (Wildman–Crippen MR) is 100 cm³/mol. The molecular formula is C20H15FN4O2. The van der Waals surface area contributed by atoms with Crippen LogP contribution in [0.5, 0.6) is 0 Å². The number of carbonyl (C=O) groups is 1. The Morgan fingerprint density at radius 1 is 1.30 bits per heavy atom. The minimum absolute atomic E-state index is 0.255. The Kier molecular flexibility index (Phi) is 4.33. The van der Waals surface area contributed by atoms with E-state index in [9.17, 15) is 9.18 Å². The molecule has 0 saturated heterocycles. The number of H-pyrrole nitrogens is 1. The molecule has 4 aromatic rings. The van der Waals surface area contributed by atoms with Crippen molar-refractivity contribution in [3.8, 4) is 11.3 Å². The first-order valence-corrected chi connectivity index (χ1v) is 8.38. The van der Waals surface area contributed by atoms with Gasteiger partial charge in [-0.25, -0.2) is 14.2 Å². The SMILES string of the molecule is CCOC(=O)/C=C/c1c(F)cnc2[nH]c3cnc(-c4cccnc4)cc3c12. The van der Waals surface area contributed by atoms with Crippen molar-refractivity contribution in [2.75, 3.05) is 6.61 Å². The minimum atomic E-state index is -0.528. The third kappa shape index (κ3) is 3.15. The van der Waals surface area contributed by atoms with Crippen LogP contribution in [0.3, 0.4) is 0 Å². The molecule has 4 aromatic heterocycles. The summed E-state index contributed by atoms with van der Waals surface area (Å²) in [7, 11) is 0. The van der Waals surface area contributed by atoms with Crippen molar-refractivity contribution in [2.24, 2.45) is 0 Å². The van der Waals surface area contributed by atoms with Crippen molar-refractivity contribution in [3.05, 3.63) is 60.4 Å². The maximum atomic E-state index is 14.5. The zero-order chi connectivity index (χ0) is 18.8. The highest BCUT2D eigenvalue weighted by Crippen LogP contribution is 2.31. The summed E-state index contributed by atoms with van der Waals surface area (Å²) < 4.78 is 19.4. The number of halogens is 1. The smallest absolute Gasteiger partial charge is 0.330 e. The third-order valence-corrected chi connectivity index (χ3v) is 4.13. The number of hydrogen-bond donors (Lipinski definition) is 1. The summed E-state index contributed by atoms with van der Waals surface area (Å²) in [5, 5.41) is 1.34. The molecule has 0 spiro atoms. The van der Waals surface area contributed by atoms with Crippen LogP contribution in [0.25, 0.3) is 39.3 Å². The zero-order valence-corrected chi connectivity index (χ0v) is 14.4. The van der Waals surface area contributed by atoms with Crippen molar-refractivity contribution in [3.63, 3.8) is 0 Å². The summed E-state index contributed by atoms with van der Waals surface area (Å²) in [6, 6.07) is 5.58. The van der Waals surface area contributed by atoms with E-state index in [1.54, 1.807) is 25.5 Å². The fraction of sp³-hybridized carbons (Fsp3) is 0.100. The Balaban J connectivity index is 1.92. The molecule has 0 aliphatic heterocycles. The molecule has 0 bridgehead atoms. The lowest BCUT2D eigenvalue weighted by Crippen LogP contribution is -1.99. The van der Waals surface area contributed by atoms with Gasteiger partial charge in [-0.1, -0.05) is 0 Å². The number of hydrogen-bond acceptors (Lipinski definition) is 5. The van der Waals surface area contributed by atoms with Crippen LogP contribution >= 0.6 is 0 Å². The fourth-order valence-corrected chi connectivity index (χ4v) is 2.94. The molecule has 0 saturated carbocycles. The number of aromatic amines is 1. The Hall–Kier alpha value is -3.61. The normalized spacial score (nSPS) is 11.5. The molecule has 4 rings (SSSR count). The Labute approximate surface area is 153 Å². The van der Waals surface area contributed by atoms with Crippen LogP contribution in [-0.2, 0) is 9.53 Å².